The van der Waals surface area contributed by atoms with Crippen LogP contribution in [0.25, 0.3) is 11.1 Å². The summed E-state index contributed by atoms with van der Waals surface area (Å²) >= 11 is 0. The van der Waals surface area contributed by atoms with E-state index in [2.05, 4.69) is 4.98 Å². The SMILES string of the molecule is CCOC(=O)c1cccc(-c2cc[nH]c2C(=O)OCC)c1. The molecule has 0 radical (unpaired) electrons. The highest BCUT2D eigenvalue weighted by molar-refractivity contribution is 5.97. The highest BCUT2D eigenvalue weighted by atomic mass is 16.5. The molecule has 0 aliphatic rings. The lowest BCUT2D eigenvalue weighted by molar-refractivity contribution is 0.0514. The van der Waals surface area contributed by atoms with Crippen LogP contribution in [-0.4, -0.2) is 30.1 Å². The lowest BCUT2D eigenvalue weighted by Crippen LogP contribution is -2.07. The zero-order valence-corrected chi connectivity index (χ0v) is 12.0. The number of H-pyrrole nitrogens is 1. The first-order valence-electron chi connectivity index (χ1n) is 6.79. The first-order valence-corrected chi connectivity index (χ1v) is 6.79. The van der Waals surface area contributed by atoms with E-state index in [0.29, 0.717) is 30.0 Å². The van der Waals surface area contributed by atoms with Crippen LogP contribution in [0.4, 0.5) is 0 Å². The molecule has 1 aromatic heterocycles. The van der Waals surface area contributed by atoms with Gasteiger partial charge < -0.3 is 14.5 Å². The quantitative estimate of drug-likeness (QED) is 0.858. The van der Waals surface area contributed by atoms with E-state index in [9.17, 15) is 9.59 Å². The minimum atomic E-state index is -0.418. The van der Waals surface area contributed by atoms with Gasteiger partial charge in [-0.05, 0) is 37.6 Å². The molecule has 21 heavy (non-hydrogen) atoms. The van der Waals surface area contributed by atoms with Gasteiger partial charge in [0.25, 0.3) is 0 Å². The Balaban J connectivity index is 2.35. The van der Waals surface area contributed by atoms with E-state index in [4.69, 9.17) is 9.47 Å². The molecule has 0 fully saturated rings. The third-order valence-electron chi connectivity index (χ3n) is 2.91. The zero-order chi connectivity index (χ0) is 15.2. The molecule has 0 saturated heterocycles. The van der Waals surface area contributed by atoms with Gasteiger partial charge in [-0.2, -0.15) is 0 Å². The third-order valence-corrected chi connectivity index (χ3v) is 2.91. The molecule has 0 atom stereocenters. The number of aromatic amines is 1. The molecule has 5 heteroatoms. The second-order valence-electron chi connectivity index (χ2n) is 4.29. The molecule has 5 nitrogen and oxygen atoms in total. The molecule has 0 amide bonds. The summed E-state index contributed by atoms with van der Waals surface area (Å²) in [7, 11) is 0. The van der Waals surface area contributed by atoms with Crippen molar-refractivity contribution >= 4 is 11.9 Å². The van der Waals surface area contributed by atoms with E-state index < -0.39 is 5.97 Å². The van der Waals surface area contributed by atoms with Gasteiger partial charge in [0.2, 0.25) is 0 Å². The molecule has 0 aliphatic heterocycles. The van der Waals surface area contributed by atoms with Crippen LogP contribution in [0.15, 0.2) is 36.5 Å². The van der Waals surface area contributed by atoms with Crippen LogP contribution in [0, 0.1) is 0 Å². The number of hydrogen-bond donors (Lipinski definition) is 1. The summed E-state index contributed by atoms with van der Waals surface area (Å²) in [5, 5.41) is 0. The number of rotatable bonds is 5. The normalized spacial score (nSPS) is 10.2. The Morgan fingerprint density at radius 3 is 2.48 bits per heavy atom. The Labute approximate surface area is 122 Å². The maximum absolute atomic E-state index is 11.9. The number of carbonyl (C=O) groups is 2. The van der Waals surface area contributed by atoms with E-state index in [1.54, 1.807) is 44.3 Å². The lowest BCUT2D eigenvalue weighted by atomic mass is 10.0. The largest absolute Gasteiger partial charge is 0.462 e. The topological polar surface area (TPSA) is 68.4 Å². The number of carbonyl (C=O) groups excluding carboxylic acids is 2. The van der Waals surface area contributed by atoms with Gasteiger partial charge >= 0.3 is 11.9 Å². The summed E-state index contributed by atoms with van der Waals surface area (Å²) in [5.74, 6) is -0.799. The Kier molecular flexibility index (Phi) is 4.77. The fraction of sp³-hybridized carbons (Fsp3) is 0.250. The number of aromatic nitrogens is 1. The van der Waals surface area contributed by atoms with Crippen LogP contribution in [0.1, 0.15) is 34.7 Å². The Hall–Kier alpha value is -2.56. The van der Waals surface area contributed by atoms with Crippen LogP contribution < -0.4 is 0 Å². The second-order valence-corrected chi connectivity index (χ2v) is 4.29. The summed E-state index contributed by atoms with van der Waals surface area (Å²) in [6.45, 7) is 4.14. The highest BCUT2D eigenvalue weighted by Crippen LogP contribution is 2.25. The van der Waals surface area contributed by atoms with Crippen molar-refractivity contribution in [2.24, 2.45) is 0 Å². The van der Waals surface area contributed by atoms with Gasteiger partial charge in [-0.25, -0.2) is 9.59 Å². The van der Waals surface area contributed by atoms with E-state index in [1.807, 2.05) is 6.07 Å². The highest BCUT2D eigenvalue weighted by Gasteiger charge is 2.16. The van der Waals surface area contributed by atoms with Crippen molar-refractivity contribution < 1.29 is 19.1 Å². The van der Waals surface area contributed by atoms with E-state index in [-0.39, 0.29) is 5.97 Å². The maximum atomic E-state index is 11.9. The van der Waals surface area contributed by atoms with Gasteiger partial charge in [0.1, 0.15) is 5.69 Å². The van der Waals surface area contributed by atoms with Crippen molar-refractivity contribution in [3.05, 3.63) is 47.8 Å². The average Bonchev–Trinajstić information content (AvgIpc) is 2.97. The van der Waals surface area contributed by atoms with Crippen molar-refractivity contribution in [2.75, 3.05) is 13.2 Å². The van der Waals surface area contributed by atoms with E-state index in [1.165, 1.54) is 0 Å². The van der Waals surface area contributed by atoms with E-state index >= 15 is 0 Å². The number of esters is 2. The molecular formula is C16H17NO4. The summed E-state index contributed by atoms with van der Waals surface area (Å²) in [6.07, 6.45) is 1.67. The molecule has 1 N–H and O–H groups in total. The fourth-order valence-electron chi connectivity index (χ4n) is 2.01. The average molecular weight is 287 g/mol. The lowest BCUT2D eigenvalue weighted by Gasteiger charge is -2.06. The van der Waals surface area contributed by atoms with Crippen LogP contribution in [0.2, 0.25) is 0 Å². The van der Waals surface area contributed by atoms with Crippen molar-refractivity contribution in [1.82, 2.24) is 4.98 Å². The first-order chi connectivity index (χ1) is 10.2. The summed E-state index contributed by atoms with van der Waals surface area (Å²) in [5.41, 5.74) is 2.27. The molecule has 0 unspecified atom stereocenters. The predicted molar refractivity (Wildman–Crippen MR) is 78.1 cm³/mol. The molecule has 1 aromatic carbocycles. The number of hydrogen-bond acceptors (Lipinski definition) is 4. The Bertz CT molecular complexity index is 645. The molecule has 1 heterocycles. The number of benzene rings is 1. The summed E-state index contributed by atoms with van der Waals surface area (Å²) in [6, 6.07) is 8.73. The van der Waals surface area contributed by atoms with Crippen molar-refractivity contribution in [3.8, 4) is 11.1 Å². The van der Waals surface area contributed by atoms with Crippen molar-refractivity contribution in [2.45, 2.75) is 13.8 Å². The molecule has 0 aliphatic carbocycles. The van der Waals surface area contributed by atoms with Crippen LogP contribution in [0.3, 0.4) is 0 Å². The monoisotopic (exact) mass is 287 g/mol. The zero-order valence-electron chi connectivity index (χ0n) is 12.0. The van der Waals surface area contributed by atoms with Gasteiger partial charge in [0, 0.05) is 11.8 Å². The minimum Gasteiger partial charge on any atom is -0.462 e. The predicted octanol–water partition coefficient (Wildman–Crippen LogP) is 3.04. The van der Waals surface area contributed by atoms with E-state index in [0.717, 1.165) is 5.56 Å². The van der Waals surface area contributed by atoms with Gasteiger partial charge in [0.15, 0.2) is 0 Å². The summed E-state index contributed by atoms with van der Waals surface area (Å²) < 4.78 is 9.98. The second kappa shape index (κ2) is 6.74. The van der Waals surface area contributed by atoms with Crippen molar-refractivity contribution in [3.63, 3.8) is 0 Å². The fourth-order valence-corrected chi connectivity index (χ4v) is 2.01. The first kappa shape index (κ1) is 14.8. The number of ether oxygens (including phenoxy) is 2. The molecule has 110 valence electrons. The standard InChI is InChI=1S/C16H17NO4/c1-3-20-15(18)12-7-5-6-11(10-12)13-8-9-17-14(13)16(19)21-4-2/h5-10,17H,3-4H2,1-2H3. The van der Waals surface area contributed by atoms with Gasteiger partial charge in [-0.15, -0.1) is 0 Å². The summed E-state index contributed by atoms with van der Waals surface area (Å²) in [4.78, 5) is 26.5. The molecule has 0 bridgehead atoms. The molecule has 2 rings (SSSR count). The Morgan fingerprint density at radius 2 is 1.76 bits per heavy atom. The van der Waals surface area contributed by atoms with Gasteiger partial charge in [-0.3, -0.25) is 0 Å². The molecule has 0 spiro atoms. The Morgan fingerprint density at radius 1 is 1.05 bits per heavy atom. The molecule has 0 saturated carbocycles. The van der Waals surface area contributed by atoms with Gasteiger partial charge in [-0.1, -0.05) is 12.1 Å². The van der Waals surface area contributed by atoms with Crippen LogP contribution in [-0.2, 0) is 9.47 Å². The van der Waals surface area contributed by atoms with Crippen LogP contribution in [0.5, 0.6) is 0 Å². The van der Waals surface area contributed by atoms with Gasteiger partial charge in [0.05, 0.1) is 18.8 Å². The third kappa shape index (κ3) is 3.31. The minimum absolute atomic E-state index is 0.306. The van der Waals surface area contributed by atoms with Crippen LogP contribution >= 0.6 is 0 Å². The molecular weight excluding hydrogens is 270 g/mol. The smallest absolute Gasteiger partial charge is 0.355 e. The maximum Gasteiger partial charge on any atom is 0.355 e. The van der Waals surface area contributed by atoms with Crippen molar-refractivity contribution in [1.29, 1.82) is 0 Å². The number of nitrogens with one attached hydrogen (secondary N) is 1. The molecule has 2 aromatic rings.